The molecule has 0 saturated carbocycles. The minimum atomic E-state index is 0.00299. The lowest BCUT2D eigenvalue weighted by atomic mass is 9.77. The van der Waals surface area contributed by atoms with Crippen molar-refractivity contribution in [3.63, 3.8) is 0 Å². The second-order valence-corrected chi connectivity index (χ2v) is 4.14. The van der Waals surface area contributed by atoms with Gasteiger partial charge in [0.2, 0.25) is 0 Å². The van der Waals surface area contributed by atoms with Gasteiger partial charge in [0.15, 0.2) is 5.71 Å². The molecule has 2 heterocycles. The fourth-order valence-corrected chi connectivity index (χ4v) is 2.63. The third-order valence-corrected chi connectivity index (χ3v) is 3.35. The number of hydrogen-bond donors (Lipinski definition) is 0. The average Bonchev–Trinajstić information content (AvgIpc) is 2.51. The lowest BCUT2D eigenvalue weighted by Gasteiger charge is -2.31. The van der Waals surface area contributed by atoms with Gasteiger partial charge in [0.05, 0.1) is 0 Å². The third-order valence-electron chi connectivity index (χ3n) is 3.35. The Labute approximate surface area is 84.1 Å². The van der Waals surface area contributed by atoms with Crippen molar-refractivity contribution in [2.75, 3.05) is 26.7 Å². The van der Waals surface area contributed by atoms with Crippen molar-refractivity contribution in [2.45, 2.75) is 19.3 Å². The standard InChI is InChI=1S/C10H15N3O/c1-14-12-9(7-11)10-3-2-5-13(8-10)6-4-10/h2-6,8H2,1H3/t10-/m1/s1. The second-order valence-electron chi connectivity index (χ2n) is 4.14. The minimum absolute atomic E-state index is 0.00299. The first-order valence-corrected chi connectivity index (χ1v) is 5.05. The largest absolute Gasteiger partial charge is 0.398 e. The Morgan fingerprint density at radius 2 is 2.36 bits per heavy atom. The molecule has 0 spiro atoms. The molecule has 2 aliphatic heterocycles. The van der Waals surface area contributed by atoms with Gasteiger partial charge in [0, 0.05) is 12.0 Å². The van der Waals surface area contributed by atoms with Crippen molar-refractivity contribution in [3.8, 4) is 6.07 Å². The Bertz CT molecular complexity index is 290. The molecular weight excluding hydrogens is 178 g/mol. The van der Waals surface area contributed by atoms with E-state index in [1.54, 1.807) is 0 Å². The third kappa shape index (κ3) is 1.38. The molecule has 0 aromatic rings. The van der Waals surface area contributed by atoms with E-state index in [-0.39, 0.29) is 5.41 Å². The molecule has 4 nitrogen and oxygen atoms in total. The smallest absolute Gasteiger partial charge is 0.164 e. The summed E-state index contributed by atoms with van der Waals surface area (Å²) in [5.74, 6) is 0. The van der Waals surface area contributed by atoms with Crippen molar-refractivity contribution in [1.29, 1.82) is 5.26 Å². The Hall–Kier alpha value is -1.08. The van der Waals surface area contributed by atoms with E-state index in [9.17, 15) is 0 Å². The molecule has 0 N–H and O–H groups in total. The SMILES string of the molecule is CON=C(C#N)[C@]12CCCN(CC1)C2. The number of nitriles is 1. The van der Waals surface area contributed by atoms with E-state index >= 15 is 0 Å². The summed E-state index contributed by atoms with van der Waals surface area (Å²) in [4.78, 5) is 7.15. The van der Waals surface area contributed by atoms with Crippen LogP contribution >= 0.6 is 0 Å². The molecule has 1 unspecified atom stereocenters. The van der Waals surface area contributed by atoms with Gasteiger partial charge in [-0.05, 0) is 32.4 Å². The van der Waals surface area contributed by atoms with Crippen molar-refractivity contribution < 1.29 is 4.84 Å². The fourth-order valence-electron chi connectivity index (χ4n) is 2.63. The molecule has 14 heavy (non-hydrogen) atoms. The van der Waals surface area contributed by atoms with Gasteiger partial charge in [-0.1, -0.05) is 5.16 Å². The van der Waals surface area contributed by atoms with Crippen molar-refractivity contribution in [3.05, 3.63) is 0 Å². The molecule has 0 aromatic carbocycles. The molecule has 0 aromatic heterocycles. The fraction of sp³-hybridized carbons (Fsp3) is 0.800. The van der Waals surface area contributed by atoms with E-state index in [0.29, 0.717) is 5.71 Å². The molecule has 4 heteroatoms. The summed E-state index contributed by atoms with van der Waals surface area (Å²) in [5, 5.41) is 12.9. The molecule has 2 saturated heterocycles. The molecule has 2 atom stereocenters. The van der Waals surface area contributed by atoms with E-state index in [2.05, 4.69) is 16.1 Å². The first kappa shape index (κ1) is 9.47. The predicted molar refractivity (Wildman–Crippen MR) is 52.8 cm³/mol. The number of piperidine rings is 1. The van der Waals surface area contributed by atoms with Crippen molar-refractivity contribution in [2.24, 2.45) is 10.6 Å². The highest BCUT2D eigenvalue weighted by molar-refractivity contribution is 6.03. The van der Waals surface area contributed by atoms with E-state index < -0.39 is 0 Å². The molecule has 0 radical (unpaired) electrons. The van der Waals surface area contributed by atoms with Crippen LogP contribution in [-0.4, -0.2) is 37.4 Å². The summed E-state index contributed by atoms with van der Waals surface area (Å²) >= 11 is 0. The molecule has 0 aliphatic carbocycles. The molecule has 2 rings (SSSR count). The van der Waals surface area contributed by atoms with Crippen LogP contribution in [-0.2, 0) is 4.84 Å². The Balaban J connectivity index is 2.23. The maximum absolute atomic E-state index is 9.04. The first-order chi connectivity index (χ1) is 6.80. The molecular formula is C10H15N3O. The predicted octanol–water partition coefficient (Wildman–Crippen LogP) is 0.998. The Morgan fingerprint density at radius 1 is 1.50 bits per heavy atom. The van der Waals surface area contributed by atoms with Crippen LogP contribution in [0, 0.1) is 16.7 Å². The van der Waals surface area contributed by atoms with Gasteiger partial charge in [-0.2, -0.15) is 5.26 Å². The summed E-state index contributed by atoms with van der Waals surface area (Å²) in [6.45, 7) is 3.26. The lowest BCUT2D eigenvalue weighted by molar-refractivity contribution is 0.197. The number of fused-ring (bicyclic) bond motifs is 2. The van der Waals surface area contributed by atoms with Crippen molar-refractivity contribution >= 4 is 5.71 Å². The Kier molecular flexibility index (Phi) is 2.42. The van der Waals surface area contributed by atoms with Crippen LogP contribution in [0.1, 0.15) is 19.3 Å². The van der Waals surface area contributed by atoms with E-state index in [1.807, 2.05) is 0 Å². The summed E-state index contributed by atoms with van der Waals surface area (Å²) in [7, 11) is 1.50. The number of nitrogens with zero attached hydrogens (tertiary/aromatic N) is 3. The van der Waals surface area contributed by atoms with Crippen LogP contribution < -0.4 is 0 Å². The highest BCUT2D eigenvalue weighted by atomic mass is 16.6. The highest BCUT2D eigenvalue weighted by Crippen LogP contribution is 2.40. The van der Waals surface area contributed by atoms with Crippen LogP contribution in [0.25, 0.3) is 0 Å². The maximum atomic E-state index is 9.04. The molecule has 76 valence electrons. The van der Waals surface area contributed by atoms with Gasteiger partial charge >= 0.3 is 0 Å². The van der Waals surface area contributed by atoms with Gasteiger partial charge in [-0.15, -0.1) is 0 Å². The van der Waals surface area contributed by atoms with Crippen LogP contribution in [0.5, 0.6) is 0 Å². The molecule has 2 bridgehead atoms. The van der Waals surface area contributed by atoms with Crippen LogP contribution in [0.4, 0.5) is 0 Å². The second kappa shape index (κ2) is 3.58. The van der Waals surface area contributed by atoms with Gasteiger partial charge in [0.1, 0.15) is 13.2 Å². The highest BCUT2D eigenvalue weighted by Gasteiger charge is 2.45. The van der Waals surface area contributed by atoms with Gasteiger partial charge in [-0.25, -0.2) is 0 Å². The number of hydrogen-bond acceptors (Lipinski definition) is 4. The van der Waals surface area contributed by atoms with Gasteiger partial charge in [0.25, 0.3) is 0 Å². The Morgan fingerprint density at radius 3 is 3.07 bits per heavy atom. The quantitative estimate of drug-likeness (QED) is 0.485. The van der Waals surface area contributed by atoms with Gasteiger partial charge < -0.3 is 9.74 Å². The molecule has 2 fully saturated rings. The first-order valence-electron chi connectivity index (χ1n) is 5.05. The number of rotatable bonds is 2. The molecule has 0 amide bonds. The molecule has 2 aliphatic rings. The minimum Gasteiger partial charge on any atom is -0.398 e. The van der Waals surface area contributed by atoms with Gasteiger partial charge in [-0.3, -0.25) is 0 Å². The number of oxime groups is 1. The zero-order chi connectivity index (χ0) is 10.0. The topological polar surface area (TPSA) is 48.6 Å². The summed E-state index contributed by atoms with van der Waals surface area (Å²) in [6.07, 6.45) is 3.31. The summed E-state index contributed by atoms with van der Waals surface area (Å²) in [5.41, 5.74) is 0.588. The summed E-state index contributed by atoms with van der Waals surface area (Å²) in [6, 6.07) is 2.19. The lowest BCUT2D eigenvalue weighted by Crippen LogP contribution is -2.39. The van der Waals surface area contributed by atoms with Crippen LogP contribution in [0.2, 0.25) is 0 Å². The van der Waals surface area contributed by atoms with Crippen LogP contribution in [0.15, 0.2) is 5.16 Å². The summed E-state index contributed by atoms with van der Waals surface area (Å²) < 4.78 is 0. The van der Waals surface area contributed by atoms with E-state index in [4.69, 9.17) is 10.1 Å². The van der Waals surface area contributed by atoms with E-state index in [0.717, 1.165) is 25.9 Å². The average molecular weight is 193 g/mol. The maximum Gasteiger partial charge on any atom is 0.164 e. The zero-order valence-corrected chi connectivity index (χ0v) is 8.49. The normalized spacial score (nSPS) is 36.6. The van der Waals surface area contributed by atoms with Crippen LogP contribution in [0.3, 0.4) is 0 Å². The monoisotopic (exact) mass is 193 g/mol. The van der Waals surface area contributed by atoms with E-state index in [1.165, 1.54) is 20.1 Å². The zero-order valence-electron chi connectivity index (χ0n) is 8.49. The van der Waals surface area contributed by atoms with Crippen molar-refractivity contribution in [1.82, 2.24) is 4.90 Å².